The van der Waals surface area contributed by atoms with Gasteiger partial charge in [-0.05, 0) is 18.2 Å². The molecule has 0 spiro atoms. The van der Waals surface area contributed by atoms with Crippen LogP contribution in [0.5, 0.6) is 0 Å². The average molecular weight is 254 g/mol. The largest absolute Gasteiger partial charge is 0.378 e. The zero-order valence-corrected chi connectivity index (χ0v) is 10.6. The molecule has 3 rings (SSSR count). The minimum atomic E-state index is -0.0155. The van der Waals surface area contributed by atoms with E-state index in [0.717, 1.165) is 17.0 Å². The molecule has 0 amide bonds. The predicted octanol–water partition coefficient (Wildman–Crippen LogP) is 1.65. The number of fused-ring (bicyclic) bond motifs is 1. The summed E-state index contributed by atoms with van der Waals surface area (Å²) in [7, 11) is 1.73. The molecule has 3 aromatic heterocycles. The molecule has 0 aliphatic heterocycles. The first-order valence-electron chi connectivity index (χ1n) is 6.05. The summed E-state index contributed by atoms with van der Waals surface area (Å²) in [5, 5.41) is 3.25. The Morgan fingerprint density at radius 1 is 1.21 bits per heavy atom. The molecule has 19 heavy (non-hydrogen) atoms. The maximum Gasteiger partial charge on any atom is 0.250 e. The Morgan fingerprint density at radius 2 is 2.11 bits per heavy atom. The number of aryl methyl sites for hydroxylation is 1. The second kappa shape index (κ2) is 4.61. The molecule has 1 N–H and O–H groups in total. The second-order valence-corrected chi connectivity index (χ2v) is 4.42. The molecule has 0 aromatic carbocycles. The topological polar surface area (TPSA) is 51.3 Å². The number of pyridine rings is 2. The summed E-state index contributed by atoms with van der Waals surface area (Å²) in [6, 6.07) is 9.23. The quantitative estimate of drug-likeness (QED) is 0.773. The van der Waals surface area contributed by atoms with Gasteiger partial charge in [-0.2, -0.15) is 0 Å². The van der Waals surface area contributed by atoms with Crippen LogP contribution in [0.4, 0.5) is 5.69 Å². The summed E-state index contributed by atoms with van der Waals surface area (Å²) in [5.74, 6) is 0. The first kappa shape index (κ1) is 11.5. The number of rotatable bonds is 3. The van der Waals surface area contributed by atoms with Crippen molar-refractivity contribution in [3.8, 4) is 0 Å². The summed E-state index contributed by atoms with van der Waals surface area (Å²) >= 11 is 0. The maximum atomic E-state index is 11.3. The lowest BCUT2D eigenvalue weighted by Crippen LogP contribution is -2.15. The van der Waals surface area contributed by atoms with Crippen molar-refractivity contribution in [2.45, 2.75) is 6.54 Å². The number of aromatic nitrogens is 3. The smallest absolute Gasteiger partial charge is 0.250 e. The van der Waals surface area contributed by atoms with Crippen LogP contribution in [-0.2, 0) is 13.6 Å². The lowest BCUT2D eigenvalue weighted by Gasteiger charge is -2.05. The highest BCUT2D eigenvalue weighted by Crippen LogP contribution is 2.08. The third-order valence-corrected chi connectivity index (χ3v) is 2.97. The standard InChI is InChI=1S/C14H14N4O/c1-17-9-11(5-6-14(17)19)15-8-12-10-18-7-3-2-4-13(18)16-12/h2-7,9-10,15H,8H2,1H3. The SMILES string of the molecule is Cn1cc(NCc2cn3ccccc3n2)ccc1=O. The van der Waals surface area contributed by atoms with Crippen LogP contribution in [0.25, 0.3) is 5.65 Å². The number of anilines is 1. The third kappa shape index (κ3) is 2.35. The summed E-state index contributed by atoms with van der Waals surface area (Å²) in [5.41, 5.74) is 2.78. The van der Waals surface area contributed by atoms with Crippen LogP contribution >= 0.6 is 0 Å². The first-order chi connectivity index (χ1) is 9.22. The fourth-order valence-electron chi connectivity index (χ4n) is 1.96. The molecule has 0 bridgehead atoms. The Morgan fingerprint density at radius 3 is 2.89 bits per heavy atom. The average Bonchev–Trinajstić information content (AvgIpc) is 2.83. The van der Waals surface area contributed by atoms with E-state index < -0.39 is 0 Å². The molecule has 0 saturated heterocycles. The highest BCUT2D eigenvalue weighted by Gasteiger charge is 2.01. The molecule has 5 heteroatoms. The van der Waals surface area contributed by atoms with E-state index in [2.05, 4.69) is 10.3 Å². The number of nitrogens with one attached hydrogen (secondary N) is 1. The number of hydrogen-bond donors (Lipinski definition) is 1. The van der Waals surface area contributed by atoms with Crippen molar-refractivity contribution in [2.24, 2.45) is 7.05 Å². The normalized spacial score (nSPS) is 10.8. The molecular weight excluding hydrogens is 240 g/mol. The van der Waals surface area contributed by atoms with Gasteiger partial charge in [0, 0.05) is 31.7 Å². The van der Waals surface area contributed by atoms with Crippen LogP contribution in [0.15, 0.2) is 53.7 Å². The van der Waals surface area contributed by atoms with Gasteiger partial charge in [-0.25, -0.2) is 4.98 Å². The van der Waals surface area contributed by atoms with Gasteiger partial charge in [0.15, 0.2) is 0 Å². The van der Waals surface area contributed by atoms with Gasteiger partial charge >= 0.3 is 0 Å². The zero-order valence-electron chi connectivity index (χ0n) is 10.6. The lowest BCUT2D eigenvalue weighted by atomic mass is 10.4. The van der Waals surface area contributed by atoms with Crippen molar-refractivity contribution in [3.63, 3.8) is 0 Å². The number of nitrogens with zero attached hydrogens (tertiary/aromatic N) is 3. The van der Waals surface area contributed by atoms with Crippen molar-refractivity contribution in [1.29, 1.82) is 0 Å². The number of hydrogen-bond acceptors (Lipinski definition) is 3. The van der Waals surface area contributed by atoms with Gasteiger partial charge in [-0.15, -0.1) is 0 Å². The van der Waals surface area contributed by atoms with Crippen molar-refractivity contribution < 1.29 is 0 Å². The van der Waals surface area contributed by atoms with E-state index in [1.165, 1.54) is 0 Å². The molecule has 0 atom stereocenters. The van der Waals surface area contributed by atoms with Crippen molar-refractivity contribution in [3.05, 3.63) is 65.0 Å². The van der Waals surface area contributed by atoms with Crippen molar-refractivity contribution >= 4 is 11.3 Å². The fraction of sp³-hybridized carbons (Fsp3) is 0.143. The van der Waals surface area contributed by atoms with Crippen LogP contribution in [-0.4, -0.2) is 14.0 Å². The van der Waals surface area contributed by atoms with Crippen LogP contribution in [0.3, 0.4) is 0 Å². The summed E-state index contributed by atoms with van der Waals surface area (Å²) in [4.78, 5) is 15.8. The van der Waals surface area contributed by atoms with Crippen LogP contribution in [0.2, 0.25) is 0 Å². The highest BCUT2D eigenvalue weighted by molar-refractivity contribution is 5.43. The van der Waals surface area contributed by atoms with E-state index in [0.29, 0.717) is 6.54 Å². The Labute approximate surface area is 110 Å². The molecule has 0 unspecified atom stereocenters. The van der Waals surface area contributed by atoms with E-state index in [4.69, 9.17) is 0 Å². The van der Waals surface area contributed by atoms with Crippen LogP contribution in [0, 0.1) is 0 Å². The van der Waals surface area contributed by atoms with Gasteiger partial charge in [0.25, 0.3) is 0 Å². The minimum Gasteiger partial charge on any atom is -0.378 e. The first-order valence-corrected chi connectivity index (χ1v) is 6.05. The Hall–Kier alpha value is -2.56. The van der Waals surface area contributed by atoms with E-state index in [1.807, 2.05) is 35.0 Å². The molecule has 0 saturated carbocycles. The Bertz CT molecular complexity index is 739. The molecule has 0 radical (unpaired) electrons. The predicted molar refractivity (Wildman–Crippen MR) is 74.2 cm³/mol. The maximum absolute atomic E-state index is 11.3. The molecule has 3 aromatic rings. The van der Waals surface area contributed by atoms with Crippen LogP contribution in [0.1, 0.15) is 5.69 Å². The second-order valence-electron chi connectivity index (χ2n) is 4.42. The summed E-state index contributed by atoms with van der Waals surface area (Å²) in [6.45, 7) is 0.625. The van der Waals surface area contributed by atoms with Gasteiger partial charge in [0.1, 0.15) is 5.65 Å². The molecule has 0 aliphatic carbocycles. The monoisotopic (exact) mass is 254 g/mol. The van der Waals surface area contributed by atoms with E-state index in [1.54, 1.807) is 29.9 Å². The van der Waals surface area contributed by atoms with E-state index in [-0.39, 0.29) is 5.56 Å². The number of imidazole rings is 1. The van der Waals surface area contributed by atoms with Crippen LogP contribution < -0.4 is 10.9 Å². The van der Waals surface area contributed by atoms with Gasteiger partial charge < -0.3 is 14.3 Å². The summed E-state index contributed by atoms with van der Waals surface area (Å²) in [6.07, 6.45) is 5.74. The minimum absolute atomic E-state index is 0.0155. The van der Waals surface area contributed by atoms with Crippen molar-refractivity contribution in [2.75, 3.05) is 5.32 Å². The lowest BCUT2D eigenvalue weighted by molar-refractivity contribution is 0.859. The fourth-order valence-corrected chi connectivity index (χ4v) is 1.96. The molecule has 96 valence electrons. The van der Waals surface area contributed by atoms with Gasteiger partial charge in [0.2, 0.25) is 5.56 Å². The van der Waals surface area contributed by atoms with Gasteiger partial charge in [-0.1, -0.05) is 6.07 Å². The third-order valence-electron chi connectivity index (χ3n) is 2.97. The molecule has 3 heterocycles. The molecule has 0 aliphatic rings. The van der Waals surface area contributed by atoms with E-state index in [9.17, 15) is 4.79 Å². The Kier molecular flexibility index (Phi) is 2.79. The Balaban J connectivity index is 1.78. The van der Waals surface area contributed by atoms with Gasteiger partial charge in [-0.3, -0.25) is 4.79 Å². The molecule has 0 fully saturated rings. The highest BCUT2D eigenvalue weighted by atomic mass is 16.1. The van der Waals surface area contributed by atoms with Crippen molar-refractivity contribution in [1.82, 2.24) is 14.0 Å². The molecule has 5 nitrogen and oxygen atoms in total. The summed E-state index contributed by atoms with van der Waals surface area (Å²) < 4.78 is 3.53. The van der Waals surface area contributed by atoms with Gasteiger partial charge in [0.05, 0.1) is 17.9 Å². The zero-order chi connectivity index (χ0) is 13.2. The molecular formula is C14H14N4O. The van der Waals surface area contributed by atoms with E-state index >= 15 is 0 Å².